The minimum Gasteiger partial charge on any atom is -0.299 e. The average molecular weight is 284 g/mol. The monoisotopic (exact) mass is 284 g/mol. The van der Waals surface area contributed by atoms with Crippen LogP contribution in [0.1, 0.15) is 52.4 Å². The van der Waals surface area contributed by atoms with E-state index in [9.17, 15) is 9.59 Å². The standard InChI is InChI=1S/C19H24O2/c1-11-9-12-10-13(20)3-4-14(12)15-7-8-19(2)16(18(11)15)5-6-17(19)21/h9-10,14-16,18H,3-8H2,1-2H3/t14?,15?,16?,18?,19-/m0/s1. The first-order chi connectivity index (χ1) is 10.0. The Morgan fingerprint density at radius 1 is 1.10 bits per heavy atom. The van der Waals surface area contributed by atoms with Crippen LogP contribution in [-0.4, -0.2) is 11.6 Å². The van der Waals surface area contributed by atoms with E-state index >= 15 is 0 Å². The summed E-state index contributed by atoms with van der Waals surface area (Å²) in [5, 5.41) is 0. The molecule has 4 rings (SSSR count). The van der Waals surface area contributed by atoms with Gasteiger partial charge in [0.2, 0.25) is 0 Å². The van der Waals surface area contributed by atoms with Crippen LogP contribution in [0.5, 0.6) is 0 Å². The third kappa shape index (κ3) is 1.77. The van der Waals surface area contributed by atoms with Crippen molar-refractivity contribution in [1.82, 2.24) is 0 Å². The molecule has 0 amide bonds. The van der Waals surface area contributed by atoms with Gasteiger partial charge in [0.1, 0.15) is 5.78 Å². The predicted octanol–water partition coefficient (Wildman–Crippen LogP) is 3.86. The van der Waals surface area contributed by atoms with Crippen molar-refractivity contribution in [2.24, 2.45) is 29.1 Å². The molecule has 2 saturated carbocycles. The summed E-state index contributed by atoms with van der Waals surface area (Å²) in [7, 11) is 0. The smallest absolute Gasteiger partial charge is 0.155 e. The lowest BCUT2D eigenvalue weighted by Crippen LogP contribution is -2.46. The highest BCUT2D eigenvalue weighted by molar-refractivity contribution is 5.92. The van der Waals surface area contributed by atoms with Crippen LogP contribution >= 0.6 is 0 Å². The van der Waals surface area contributed by atoms with Crippen LogP contribution in [0.3, 0.4) is 0 Å². The second-order valence-electron chi connectivity index (χ2n) is 7.86. The summed E-state index contributed by atoms with van der Waals surface area (Å²) in [6.07, 6.45) is 9.97. The lowest BCUT2D eigenvalue weighted by Gasteiger charge is -2.51. The van der Waals surface area contributed by atoms with Crippen molar-refractivity contribution in [2.45, 2.75) is 52.4 Å². The van der Waals surface area contributed by atoms with Crippen molar-refractivity contribution >= 4 is 11.6 Å². The van der Waals surface area contributed by atoms with Crippen LogP contribution in [0.25, 0.3) is 0 Å². The molecule has 5 atom stereocenters. The van der Waals surface area contributed by atoms with E-state index in [1.807, 2.05) is 6.08 Å². The highest BCUT2D eigenvalue weighted by Crippen LogP contribution is 2.60. The lowest BCUT2D eigenvalue weighted by molar-refractivity contribution is -0.129. The van der Waals surface area contributed by atoms with Gasteiger partial charge >= 0.3 is 0 Å². The molecule has 0 aromatic rings. The Morgan fingerprint density at radius 3 is 2.71 bits per heavy atom. The van der Waals surface area contributed by atoms with Gasteiger partial charge in [0.25, 0.3) is 0 Å². The van der Waals surface area contributed by atoms with E-state index in [0.717, 1.165) is 32.1 Å². The van der Waals surface area contributed by atoms with Gasteiger partial charge in [-0.1, -0.05) is 18.6 Å². The highest BCUT2D eigenvalue weighted by Gasteiger charge is 2.56. The van der Waals surface area contributed by atoms with E-state index in [-0.39, 0.29) is 5.41 Å². The quantitative estimate of drug-likeness (QED) is 0.677. The Bertz CT molecular complexity index is 582. The zero-order valence-electron chi connectivity index (χ0n) is 13.0. The van der Waals surface area contributed by atoms with Gasteiger partial charge in [-0.2, -0.15) is 0 Å². The number of carbonyl (C=O) groups excluding carboxylic acids is 2. The van der Waals surface area contributed by atoms with E-state index in [1.54, 1.807) is 0 Å². The van der Waals surface area contributed by atoms with E-state index in [0.29, 0.717) is 41.7 Å². The summed E-state index contributed by atoms with van der Waals surface area (Å²) >= 11 is 0. The fourth-order valence-corrected chi connectivity index (χ4v) is 5.85. The molecule has 0 spiro atoms. The van der Waals surface area contributed by atoms with Crippen LogP contribution in [0, 0.1) is 29.1 Å². The Hall–Kier alpha value is -1.18. The van der Waals surface area contributed by atoms with E-state index in [4.69, 9.17) is 0 Å². The molecular formula is C19H24O2. The van der Waals surface area contributed by atoms with Gasteiger partial charge in [-0.05, 0) is 67.9 Å². The Labute approximate surface area is 126 Å². The average Bonchev–Trinajstić information content (AvgIpc) is 2.74. The molecule has 2 fully saturated rings. The Morgan fingerprint density at radius 2 is 1.90 bits per heavy atom. The van der Waals surface area contributed by atoms with Crippen molar-refractivity contribution in [2.75, 3.05) is 0 Å². The molecule has 0 heterocycles. The van der Waals surface area contributed by atoms with Gasteiger partial charge in [-0.25, -0.2) is 0 Å². The largest absolute Gasteiger partial charge is 0.299 e. The molecular weight excluding hydrogens is 260 g/mol. The van der Waals surface area contributed by atoms with E-state index < -0.39 is 0 Å². The second kappa shape index (κ2) is 4.41. The van der Waals surface area contributed by atoms with E-state index in [1.165, 1.54) is 11.1 Å². The molecule has 4 unspecified atom stereocenters. The fraction of sp³-hybridized carbons (Fsp3) is 0.684. The second-order valence-corrected chi connectivity index (χ2v) is 7.86. The maximum atomic E-state index is 12.4. The van der Waals surface area contributed by atoms with Gasteiger partial charge in [0, 0.05) is 18.3 Å². The van der Waals surface area contributed by atoms with Crippen LogP contribution in [0.2, 0.25) is 0 Å². The van der Waals surface area contributed by atoms with Crippen molar-refractivity contribution in [3.8, 4) is 0 Å². The van der Waals surface area contributed by atoms with Crippen molar-refractivity contribution in [3.63, 3.8) is 0 Å². The lowest BCUT2D eigenvalue weighted by atomic mass is 9.52. The highest BCUT2D eigenvalue weighted by atomic mass is 16.1. The molecule has 0 aromatic heterocycles. The van der Waals surface area contributed by atoms with Gasteiger partial charge in [0.05, 0.1) is 0 Å². The summed E-state index contributed by atoms with van der Waals surface area (Å²) in [6.45, 7) is 4.44. The number of Topliss-reactive ketones (excluding diaryl/α,β-unsaturated/α-hetero) is 1. The van der Waals surface area contributed by atoms with Gasteiger partial charge in [0.15, 0.2) is 5.78 Å². The summed E-state index contributed by atoms with van der Waals surface area (Å²) < 4.78 is 0. The third-order valence-electron chi connectivity index (χ3n) is 6.92. The molecule has 4 aliphatic carbocycles. The summed E-state index contributed by atoms with van der Waals surface area (Å²) in [6, 6.07) is 0. The number of ketones is 2. The first kappa shape index (κ1) is 13.5. The maximum Gasteiger partial charge on any atom is 0.155 e. The zero-order chi connectivity index (χ0) is 14.8. The number of hydrogen-bond acceptors (Lipinski definition) is 2. The van der Waals surface area contributed by atoms with Crippen molar-refractivity contribution < 1.29 is 9.59 Å². The SMILES string of the molecule is CC1=CC2=CC(=O)CCC2C2CC[C@]3(C)C(=O)CCC3C12. The normalized spacial score (nSPS) is 45.4. The molecule has 0 aromatic carbocycles. The molecule has 0 radical (unpaired) electrons. The molecule has 0 saturated heterocycles. The molecule has 0 bridgehead atoms. The number of carbonyl (C=O) groups is 2. The number of fused-ring (bicyclic) bond motifs is 5. The molecule has 0 aliphatic heterocycles. The maximum absolute atomic E-state index is 12.4. The summed E-state index contributed by atoms with van der Waals surface area (Å²) in [4.78, 5) is 24.1. The van der Waals surface area contributed by atoms with Crippen LogP contribution < -0.4 is 0 Å². The first-order valence-corrected chi connectivity index (χ1v) is 8.46. The third-order valence-corrected chi connectivity index (χ3v) is 6.92. The minimum absolute atomic E-state index is 0.0675. The summed E-state index contributed by atoms with van der Waals surface area (Å²) in [5.41, 5.74) is 2.63. The molecule has 21 heavy (non-hydrogen) atoms. The number of rotatable bonds is 0. The topological polar surface area (TPSA) is 34.1 Å². The van der Waals surface area contributed by atoms with Gasteiger partial charge in [-0.15, -0.1) is 0 Å². The van der Waals surface area contributed by atoms with Crippen LogP contribution in [0.15, 0.2) is 23.3 Å². The van der Waals surface area contributed by atoms with Gasteiger partial charge in [-0.3, -0.25) is 9.59 Å². The predicted molar refractivity (Wildman–Crippen MR) is 81.6 cm³/mol. The molecule has 2 nitrogen and oxygen atoms in total. The fourth-order valence-electron chi connectivity index (χ4n) is 5.85. The minimum atomic E-state index is -0.0675. The zero-order valence-corrected chi connectivity index (χ0v) is 13.0. The Balaban J connectivity index is 1.77. The van der Waals surface area contributed by atoms with Crippen LogP contribution in [0.4, 0.5) is 0 Å². The molecule has 2 heteroatoms. The molecule has 112 valence electrons. The first-order valence-electron chi connectivity index (χ1n) is 8.46. The summed E-state index contributed by atoms with van der Waals surface area (Å²) in [5.74, 6) is 3.14. The van der Waals surface area contributed by atoms with E-state index in [2.05, 4.69) is 19.9 Å². The van der Waals surface area contributed by atoms with Gasteiger partial charge < -0.3 is 0 Å². The van der Waals surface area contributed by atoms with Crippen molar-refractivity contribution in [1.29, 1.82) is 0 Å². The number of hydrogen-bond donors (Lipinski definition) is 0. The van der Waals surface area contributed by atoms with Crippen molar-refractivity contribution in [3.05, 3.63) is 23.3 Å². The number of allylic oxidation sites excluding steroid dienone is 4. The molecule has 0 N–H and O–H groups in total. The molecule has 4 aliphatic rings. The van der Waals surface area contributed by atoms with Crippen LogP contribution in [-0.2, 0) is 9.59 Å². The Kier molecular flexibility index (Phi) is 2.83.